The van der Waals surface area contributed by atoms with Crippen molar-refractivity contribution in [3.8, 4) is 0 Å². The summed E-state index contributed by atoms with van der Waals surface area (Å²) in [5.74, 6) is 0. The molecule has 0 aromatic heterocycles. The third-order valence-corrected chi connectivity index (χ3v) is 0. The van der Waals surface area contributed by atoms with Gasteiger partial charge in [-0.25, -0.2) is 0 Å². The van der Waals surface area contributed by atoms with E-state index in [-0.39, 0.29) is 75.6 Å². The Morgan fingerprint density at radius 2 is 0.800 bits per heavy atom. The van der Waals surface area contributed by atoms with Crippen molar-refractivity contribution in [3.05, 3.63) is 0 Å². The fourth-order valence-corrected chi connectivity index (χ4v) is 0. The molecule has 0 saturated carbocycles. The van der Waals surface area contributed by atoms with E-state index in [1.165, 1.54) is 0 Å². The predicted molar refractivity (Wildman–Crippen MR) is 0 cm³/mol. The van der Waals surface area contributed by atoms with E-state index >= 15 is 0 Å². The van der Waals surface area contributed by atoms with E-state index in [4.69, 9.17) is 0 Å². The van der Waals surface area contributed by atoms with Crippen LogP contribution < -0.4 is 41.8 Å². The maximum absolute atomic E-state index is 0. The van der Waals surface area contributed by atoms with Crippen LogP contribution in [0.2, 0.25) is 0 Å². The van der Waals surface area contributed by atoms with Crippen molar-refractivity contribution in [2.75, 3.05) is 0 Å². The van der Waals surface area contributed by atoms with E-state index in [1.807, 2.05) is 0 Å². The van der Waals surface area contributed by atoms with Crippen LogP contribution in [0, 0.1) is 0 Å². The zero-order chi connectivity index (χ0) is 0. The smallest absolute Gasteiger partial charge is 1.00 e. The van der Waals surface area contributed by atoms with Crippen molar-refractivity contribution in [2.24, 2.45) is 0 Å². The van der Waals surface area contributed by atoms with Crippen LogP contribution in [0.5, 0.6) is 0 Å². The molecule has 5 heteroatoms. The van der Waals surface area contributed by atoms with Gasteiger partial charge in [0.05, 0.1) is 0 Å². The molecule has 0 amide bonds. The van der Waals surface area contributed by atoms with Crippen LogP contribution in [0.3, 0.4) is 0 Å². The largest absolute Gasteiger partial charge is 3.00 e. The first-order valence-electron chi connectivity index (χ1n) is 0. The van der Waals surface area contributed by atoms with Gasteiger partial charge < -0.3 is 41.8 Å². The van der Waals surface area contributed by atoms with Crippen molar-refractivity contribution >= 4 is 0 Å². The van der Waals surface area contributed by atoms with Gasteiger partial charge in [-0.2, -0.15) is 0 Å². The Kier molecular flexibility index (Phi) is 436. The predicted octanol–water partition coefficient (Wildman–Crippen LogP) is -8.99. The Morgan fingerprint density at radius 3 is 0.800 bits per heavy atom. The van der Waals surface area contributed by atoms with Gasteiger partial charge in [-0.3, -0.25) is 0 Å². The molecule has 0 aliphatic carbocycles. The zero-order valence-electron chi connectivity index (χ0n) is 1.82. The molecule has 0 N–H and O–H groups in total. The summed E-state index contributed by atoms with van der Waals surface area (Å²) in [6.07, 6.45) is 0. The molecular weight excluding hydrogens is 266 g/mol. The second kappa shape index (κ2) is 36.2. The number of rotatable bonds is 0. The summed E-state index contributed by atoms with van der Waals surface area (Å²) in [6, 6.07) is 0. The summed E-state index contributed by atoms with van der Waals surface area (Å²) in [5.41, 5.74) is 0. The molecule has 0 spiro atoms. The van der Waals surface area contributed by atoms with Crippen LogP contribution in [0.4, 0.5) is 0 Å². The van der Waals surface area contributed by atoms with Crippen LogP contribution in [-0.4, -0.2) is 0 Å². The van der Waals surface area contributed by atoms with E-state index in [0.29, 0.717) is 0 Å². The average molecular weight is 266 g/mol. The molecule has 0 aromatic rings. The van der Waals surface area contributed by atoms with Crippen LogP contribution >= 0.6 is 0 Å². The van der Waals surface area contributed by atoms with Crippen LogP contribution in [0.15, 0.2) is 0 Å². The maximum atomic E-state index is 0. The Hall–Kier alpha value is 2.09. The topological polar surface area (TPSA) is 0 Å². The molecule has 0 bridgehead atoms. The van der Waals surface area contributed by atoms with Crippen LogP contribution in [0.1, 0.15) is 0 Å². The summed E-state index contributed by atoms with van der Waals surface area (Å²) >= 11 is 0. The van der Waals surface area contributed by atoms with Crippen molar-refractivity contribution in [3.63, 3.8) is 0 Å². The van der Waals surface area contributed by atoms with Crippen molar-refractivity contribution in [1.29, 1.82) is 0 Å². The molecule has 0 atom stereocenters. The maximum Gasteiger partial charge on any atom is 3.00 e. The monoisotopic (exact) mass is 264 g/mol. The standard InChI is InChI=1S/BrH.2ClH.Co.Fe/h3*1H;;/q;;;;+3/p-3. The van der Waals surface area contributed by atoms with Gasteiger partial charge in [0, 0.05) is 16.8 Å². The fourth-order valence-electron chi connectivity index (χ4n) is 0. The molecule has 0 aliphatic heterocycles. The minimum absolute atomic E-state index is 0. The third kappa shape index (κ3) is 23.4. The minimum atomic E-state index is 0. The molecule has 0 fully saturated rings. The fraction of sp³-hybridized carbons (Fsp3) is 0. The molecule has 0 aromatic carbocycles. The normalized spacial score (nSPS) is 0. The van der Waals surface area contributed by atoms with Gasteiger partial charge in [-0.15, -0.1) is 0 Å². The minimum Gasteiger partial charge on any atom is -1.00 e. The Morgan fingerprint density at radius 1 is 0.800 bits per heavy atom. The van der Waals surface area contributed by atoms with Gasteiger partial charge in [0.15, 0.2) is 0 Å². The van der Waals surface area contributed by atoms with Crippen LogP contribution in [-0.2, 0) is 33.8 Å². The summed E-state index contributed by atoms with van der Waals surface area (Å²) in [7, 11) is 0. The van der Waals surface area contributed by atoms with Crippen molar-refractivity contribution < 1.29 is 75.6 Å². The van der Waals surface area contributed by atoms with Crippen molar-refractivity contribution in [2.45, 2.75) is 0 Å². The van der Waals surface area contributed by atoms with Gasteiger partial charge in [0.1, 0.15) is 0 Å². The molecule has 0 saturated heterocycles. The van der Waals surface area contributed by atoms with Gasteiger partial charge in [-0.05, 0) is 0 Å². The van der Waals surface area contributed by atoms with E-state index in [1.54, 1.807) is 0 Å². The average Bonchev–Trinajstić information content (AvgIpc) is 0. The van der Waals surface area contributed by atoms with Gasteiger partial charge in [0.2, 0.25) is 0 Å². The Bertz CT molecular complexity index is 9.61. The van der Waals surface area contributed by atoms with Gasteiger partial charge >= 0.3 is 17.1 Å². The molecule has 0 aliphatic rings. The first-order valence-corrected chi connectivity index (χ1v) is 0. The summed E-state index contributed by atoms with van der Waals surface area (Å²) in [6.45, 7) is 0. The van der Waals surface area contributed by atoms with Crippen molar-refractivity contribution in [1.82, 2.24) is 0 Å². The molecule has 0 rings (SSSR count). The molecule has 0 nitrogen and oxygen atoms in total. The summed E-state index contributed by atoms with van der Waals surface area (Å²) < 4.78 is 0. The molecule has 0 unspecified atom stereocenters. The molecule has 2 radical (unpaired) electrons. The number of hydrogen-bond donors (Lipinski definition) is 0. The Labute approximate surface area is 75.1 Å². The SMILES string of the molecule is [Br-].[Cl-].[Cl-].[Co].[Fe+3]. The number of hydrogen-bond acceptors (Lipinski definition) is 0. The third-order valence-electron chi connectivity index (χ3n) is 0. The Balaban J connectivity index is 0. The first-order chi connectivity index (χ1) is 0. The molecular formula is BrCl2CoFe. The molecule has 0 heterocycles. The van der Waals surface area contributed by atoms with Gasteiger partial charge in [-0.1, -0.05) is 0 Å². The molecule has 5 heavy (non-hydrogen) atoms. The summed E-state index contributed by atoms with van der Waals surface area (Å²) in [5, 5.41) is 0. The van der Waals surface area contributed by atoms with E-state index in [0.717, 1.165) is 0 Å². The quantitative estimate of drug-likeness (QED) is 0.382. The zero-order valence-corrected chi connectivity index (χ0v) is 7.06. The van der Waals surface area contributed by atoms with E-state index in [2.05, 4.69) is 0 Å². The first kappa shape index (κ1) is 60.3. The second-order valence-corrected chi connectivity index (χ2v) is 0. The van der Waals surface area contributed by atoms with E-state index in [9.17, 15) is 0 Å². The van der Waals surface area contributed by atoms with E-state index < -0.39 is 0 Å². The second-order valence-electron chi connectivity index (χ2n) is 0. The van der Waals surface area contributed by atoms with Crippen LogP contribution in [0.25, 0.3) is 0 Å². The summed E-state index contributed by atoms with van der Waals surface area (Å²) in [4.78, 5) is 0. The van der Waals surface area contributed by atoms with Gasteiger partial charge in [0.25, 0.3) is 0 Å². The number of halogens is 3. The molecule has 38 valence electrons.